The number of aliphatic hydroxyl groups excluding tert-OH is 1. The molecule has 1 atom stereocenters. The van der Waals surface area contributed by atoms with Gasteiger partial charge in [0, 0.05) is 18.9 Å². The molecule has 2 N–H and O–H groups in total. The molecule has 1 aromatic rings. The average molecular weight is 222 g/mol. The highest BCUT2D eigenvalue weighted by atomic mass is 16.3. The van der Waals surface area contributed by atoms with E-state index in [1.54, 1.807) is 18.5 Å². The monoisotopic (exact) mass is 222 g/mol. The summed E-state index contributed by atoms with van der Waals surface area (Å²) in [5.41, 5.74) is 0.880. The minimum absolute atomic E-state index is 0.0804. The molecule has 4 nitrogen and oxygen atoms in total. The van der Waals surface area contributed by atoms with Gasteiger partial charge < -0.3 is 10.4 Å². The summed E-state index contributed by atoms with van der Waals surface area (Å²) in [4.78, 5) is 15.4. The molecular weight excluding hydrogens is 204 g/mol. The van der Waals surface area contributed by atoms with Crippen molar-refractivity contribution in [2.24, 2.45) is 0 Å². The van der Waals surface area contributed by atoms with E-state index in [0.717, 1.165) is 12.0 Å². The molecule has 0 bridgehead atoms. The Morgan fingerprint density at radius 3 is 3.06 bits per heavy atom. The third-order valence-electron chi connectivity index (χ3n) is 2.24. The number of carbonyl (C=O) groups is 1. The van der Waals surface area contributed by atoms with Crippen molar-refractivity contribution < 1.29 is 9.90 Å². The van der Waals surface area contributed by atoms with Crippen LogP contribution in [0.15, 0.2) is 24.5 Å². The maximum absolute atomic E-state index is 11.5. The van der Waals surface area contributed by atoms with Gasteiger partial charge in [0.2, 0.25) is 5.91 Å². The zero-order valence-electron chi connectivity index (χ0n) is 9.52. The lowest BCUT2D eigenvalue weighted by Crippen LogP contribution is -2.33. The molecule has 1 heterocycles. The maximum atomic E-state index is 11.5. The minimum Gasteiger partial charge on any atom is -0.391 e. The topological polar surface area (TPSA) is 62.2 Å². The molecule has 0 aliphatic rings. The summed E-state index contributed by atoms with van der Waals surface area (Å²) < 4.78 is 0. The van der Waals surface area contributed by atoms with Crippen LogP contribution >= 0.6 is 0 Å². The van der Waals surface area contributed by atoms with Gasteiger partial charge >= 0.3 is 0 Å². The van der Waals surface area contributed by atoms with Crippen LogP contribution in [0.25, 0.3) is 0 Å². The number of rotatable bonds is 6. The van der Waals surface area contributed by atoms with Gasteiger partial charge in [-0.3, -0.25) is 9.78 Å². The molecule has 0 fully saturated rings. The van der Waals surface area contributed by atoms with Gasteiger partial charge in [0.05, 0.1) is 12.5 Å². The lowest BCUT2D eigenvalue weighted by atomic mass is 10.2. The third kappa shape index (κ3) is 4.89. The zero-order chi connectivity index (χ0) is 11.8. The molecule has 1 amide bonds. The lowest BCUT2D eigenvalue weighted by molar-refractivity contribution is -0.120. The Bertz CT molecular complexity index is 314. The Morgan fingerprint density at radius 1 is 1.62 bits per heavy atom. The van der Waals surface area contributed by atoms with Crippen LogP contribution in [0, 0.1) is 0 Å². The van der Waals surface area contributed by atoms with Gasteiger partial charge in [-0.25, -0.2) is 0 Å². The Morgan fingerprint density at radius 2 is 2.44 bits per heavy atom. The second kappa shape index (κ2) is 6.95. The molecule has 4 heteroatoms. The van der Waals surface area contributed by atoms with Crippen LogP contribution < -0.4 is 5.32 Å². The molecule has 0 spiro atoms. The molecule has 1 unspecified atom stereocenters. The van der Waals surface area contributed by atoms with Crippen molar-refractivity contribution in [3.8, 4) is 0 Å². The highest BCUT2D eigenvalue weighted by Crippen LogP contribution is 1.97. The summed E-state index contributed by atoms with van der Waals surface area (Å²) in [7, 11) is 0. The maximum Gasteiger partial charge on any atom is 0.224 e. The fraction of sp³-hybridized carbons (Fsp3) is 0.500. The largest absolute Gasteiger partial charge is 0.391 e. The highest BCUT2D eigenvalue weighted by molar-refractivity contribution is 5.78. The smallest absolute Gasteiger partial charge is 0.224 e. The van der Waals surface area contributed by atoms with E-state index in [2.05, 4.69) is 10.3 Å². The summed E-state index contributed by atoms with van der Waals surface area (Å²) in [5.74, 6) is -0.0804. The first-order chi connectivity index (χ1) is 7.72. The van der Waals surface area contributed by atoms with Crippen LogP contribution in [0.5, 0.6) is 0 Å². The van der Waals surface area contributed by atoms with Crippen molar-refractivity contribution in [2.75, 3.05) is 6.54 Å². The van der Waals surface area contributed by atoms with Gasteiger partial charge in [0.1, 0.15) is 0 Å². The molecular formula is C12H18N2O2. The van der Waals surface area contributed by atoms with Gasteiger partial charge in [-0.1, -0.05) is 19.4 Å². The fourth-order valence-electron chi connectivity index (χ4n) is 1.42. The van der Waals surface area contributed by atoms with Crippen LogP contribution in [-0.4, -0.2) is 28.6 Å². The molecule has 16 heavy (non-hydrogen) atoms. The molecule has 0 aliphatic carbocycles. The summed E-state index contributed by atoms with van der Waals surface area (Å²) >= 11 is 0. The standard InChI is InChI=1S/C12H18N2O2/c1-2-4-11(15)9-14-12(16)7-10-5-3-6-13-8-10/h3,5-6,8,11,15H,2,4,7,9H2,1H3,(H,14,16). The lowest BCUT2D eigenvalue weighted by Gasteiger charge is -2.10. The number of hydrogen-bond acceptors (Lipinski definition) is 3. The average Bonchev–Trinajstić information content (AvgIpc) is 2.28. The summed E-state index contributed by atoms with van der Waals surface area (Å²) in [6.45, 7) is 2.33. The molecule has 1 rings (SSSR count). The summed E-state index contributed by atoms with van der Waals surface area (Å²) in [6, 6.07) is 3.66. The van der Waals surface area contributed by atoms with E-state index < -0.39 is 6.10 Å². The first-order valence-corrected chi connectivity index (χ1v) is 5.56. The van der Waals surface area contributed by atoms with Gasteiger partial charge in [0.15, 0.2) is 0 Å². The van der Waals surface area contributed by atoms with E-state index in [4.69, 9.17) is 0 Å². The summed E-state index contributed by atoms with van der Waals surface area (Å²) in [5, 5.41) is 12.1. The van der Waals surface area contributed by atoms with Crippen molar-refractivity contribution in [3.63, 3.8) is 0 Å². The van der Waals surface area contributed by atoms with Crippen LogP contribution in [0.4, 0.5) is 0 Å². The van der Waals surface area contributed by atoms with Crippen LogP contribution in [0.1, 0.15) is 25.3 Å². The molecule has 1 aromatic heterocycles. The number of hydrogen-bond donors (Lipinski definition) is 2. The number of pyridine rings is 1. The van der Waals surface area contributed by atoms with E-state index in [1.165, 1.54) is 0 Å². The van der Waals surface area contributed by atoms with E-state index in [1.807, 2.05) is 13.0 Å². The second-order valence-electron chi connectivity index (χ2n) is 3.78. The molecule has 0 aliphatic heterocycles. The molecule has 0 radical (unpaired) electrons. The molecule has 0 saturated heterocycles. The number of aromatic nitrogens is 1. The van der Waals surface area contributed by atoms with E-state index in [-0.39, 0.29) is 5.91 Å². The van der Waals surface area contributed by atoms with Crippen molar-refractivity contribution in [3.05, 3.63) is 30.1 Å². The van der Waals surface area contributed by atoms with Crippen molar-refractivity contribution in [2.45, 2.75) is 32.3 Å². The van der Waals surface area contributed by atoms with Crippen LogP contribution in [0.3, 0.4) is 0 Å². The van der Waals surface area contributed by atoms with Gasteiger partial charge in [-0.05, 0) is 18.1 Å². The Labute approximate surface area is 95.7 Å². The van der Waals surface area contributed by atoms with Crippen LogP contribution in [-0.2, 0) is 11.2 Å². The van der Waals surface area contributed by atoms with Gasteiger partial charge in [-0.2, -0.15) is 0 Å². The third-order valence-corrected chi connectivity index (χ3v) is 2.24. The Balaban J connectivity index is 2.26. The fourth-order valence-corrected chi connectivity index (χ4v) is 1.42. The quantitative estimate of drug-likeness (QED) is 0.751. The molecule has 88 valence electrons. The number of amides is 1. The van der Waals surface area contributed by atoms with Gasteiger partial charge in [-0.15, -0.1) is 0 Å². The number of nitrogens with one attached hydrogen (secondary N) is 1. The predicted octanol–water partition coefficient (Wildman–Crippen LogP) is 0.901. The SMILES string of the molecule is CCCC(O)CNC(=O)Cc1cccnc1. The van der Waals surface area contributed by atoms with Crippen molar-refractivity contribution >= 4 is 5.91 Å². The van der Waals surface area contributed by atoms with Crippen molar-refractivity contribution in [1.82, 2.24) is 10.3 Å². The molecule has 0 aromatic carbocycles. The normalized spacial score (nSPS) is 12.1. The Hall–Kier alpha value is -1.42. The predicted molar refractivity (Wildman–Crippen MR) is 61.9 cm³/mol. The minimum atomic E-state index is -0.442. The second-order valence-corrected chi connectivity index (χ2v) is 3.78. The van der Waals surface area contributed by atoms with Crippen LogP contribution in [0.2, 0.25) is 0 Å². The number of carbonyl (C=O) groups excluding carboxylic acids is 1. The van der Waals surface area contributed by atoms with Gasteiger partial charge in [0.25, 0.3) is 0 Å². The van der Waals surface area contributed by atoms with E-state index in [9.17, 15) is 9.90 Å². The first-order valence-electron chi connectivity index (χ1n) is 5.56. The van der Waals surface area contributed by atoms with E-state index >= 15 is 0 Å². The zero-order valence-corrected chi connectivity index (χ0v) is 9.52. The number of nitrogens with zero attached hydrogens (tertiary/aromatic N) is 1. The number of aliphatic hydroxyl groups is 1. The Kier molecular flexibility index (Phi) is 5.50. The first kappa shape index (κ1) is 12.6. The van der Waals surface area contributed by atoms with E-state index in [0.29, 0.717) is 19.4 Å². The van der Waals surface area contributed by atoms with Crippen molar-refractivity contribution in [1.29, 1.82) is 0 Å². The highest BCUT2D eigenvalue weighted by Gasteiger charge is 2.06. The summed E-state index contributed by atoms with van der Waals surface area (Å²) in [6.07, 6.45) is 4.84. The molecule has 0 saturated carbocycles.